The highest BCUT2D eigenvalue weighted by Gasteiger charge is 2.23. The van der Waals surface area contributed by atoms with Gasteiger partial charge in [-0.2, -0.15) is 0 Å². The van der Waals surface area contributed by atoms with Crippen LogP contribution in [0.4, 0.5) is 5.69 Å². The van der Waals surface area contributed by atoms with Crippen LogP contribution in [0.1, 0.15) is 18.3 Å². The molecule has 0 atom stereocenters. The summed E-state index contributed by atoms with van der Waals surface area (Å²) in [5.41, 5.74) is 2.57. The number of sulfone groups is 1. The van der Waals surface area contributed by atoms with Crippen molar-refractivity contribution in [3.63, 3.8) is 0 Å². The Labute approximate surface area is 203 Å². The maximum absolute atomic E-state index is 13.0. The number of rotatable bonds is 9. The maximum atomic E-state index is 13.0. The second kappa shape index (κ2) is 10.7. The van der Waals surface area contributed by atoms with Crippen LogP contribution in [0.2, 0.25) is 0 Å². The highest BCUT2D eigenvalue weighted by Crippen LogP contribution is 2.25. The minimum Gasteiger partial charge on any atom is -0.325 e. The van der Waals surface area contributed by atoms with Crippen molar-refractivity contribution in [2.45, 2.75) is 29.1 Å². The Morgan fingerprint density at radius 2 is 1.56 bits per heavy atom. The predicted molar refractivity (Wildman–Crippen MR) is 134 cm³/mol. The second-order valence-corrected chi connectivity index (χ2v) is 10.4. The van der Waals surface area contributed by atoms with Crippen LogP contribution in [0.25, 0.3) is 5.69 Å². The Balaban J connectivity index is 1.57. The standard InChI is InChI=1S/C25H24N4O3S2/c1-2-19-11-9-10-16-22(19)26-24(30)17-33-25-28-27-23(29(25)20-12-5-3-6-13-20)18-34(31,32)21-14-7-4-8-15-21/h3-16H,2,17-18H2,1H3,(H,26,30). The molecule has 174 valence electrons. The minimum absolute atomic E-state index is 0.106. The highest BCUT2D eigenvalue weighted by molar-refractivity contribution is 7.99. The van der Waals surface area contributed by atoms with Crippen LogP contribution >= 0.6 is 11.8 Å². The van der Waals surface area contributed by atoms with E-state index in [1.807, 2.05) is 61.5 Å². The number of nitrogens with one attached hydrogen (secondary N) is 1. The van der Waals surface area contributed by atoms with E-state index >= 15 is 0 Å². The van der Waals surface area contributed by atoms with Crippen LogP contribution < -0.4 is 5.32 Å². The molecule has 0 aliphatic rings. The number of nitrogens with zero attached hydrogens (tertiary/aromatic N) is 3. The lowest BCUT2D eigenvalue weighted by atomic mass is 10.1. The van der Waals surface area contributed by atoms with E-state index in [4.69, 9.17) is 0 Å². The van der Waals surface area contributed by atoms with E-state index < -0.39 is 9.84 Å². The molecular weight excluding hydrogens is 468 g/mol. The van der Waals surface area contributed by atoms with Crippen molar-refractivity contribution in [2.75, 3.05) is 11.1 Å². The van der Waals surface area contributed by atoms with Crippen molar-refractivity contribution in [3.05, 3.63) is 96.3 Å². The molecule has 34 heavy (non-hydrogen) atoms. The van der Waals surface area contributed by atoms with Gasteiger partial charge in [0.2, 0.25) is 5.91 Å². The molecule has 3 aromatic carbocycles. The Morgan fingerprint density at radius 3 is 2.26 bits per heavy atom. The summed E-state index contributed by atoms with van der Waals surface area (Å²) < 4.78 is 27.6. The van der Waals surface area contributed by atoms with Crippen molar-refractivity contribution in [3.8, 4) is 5.69 Å². The zero-order valence-corrected chi connectivity index (χ0v) is 20.2. The average Bonchev–Trinajstić information content (AvgIpc) is 3.25. The molecule has 0 spiro atoms. The molecule has 0 aliphatic carbocycles. The Morgan fingerprint density at radius 1 is 0.912 bits per heavy atom. The zero-order chi connectivity index (χ0) is 24.0. The summed E-state index contributed by atoms with van der Waals surface area (Å²) in [4.78, 5) is 12.9. The van der Waals surface area contributed by atoms with E-state index in [1.54, 1.807) is 34.9 Å². The largest absolute Gasteiger partial charge is 0.325 e. The zero-order valence-electron chi connectivity index (χ0n) is 18.6. The summed E-state index contributed by atoms with van der Waals surface area (Å²) in [6.45, 7) is 2.03. The van der Waals surface area contributed by atoms with Gasteiger partial charge in [0.15, 0.2) is 20.8 Å². The molecule has 1 aromatic heterocycles. The molecule has 0 fully saturated rings. The number of anilines is 1. The van der Waals surface area contributed by atoms with Gasteiger partial charge < -0.3 is 5.32 Å². The third-order valence-corrected chi connectivity index (χ3v) is 7.70. The Kier molecular flexibility index (Phi) is 7.44. The van der Waals surface area contributed by atoms with E-state index in [1.165, 1.54) is 11.8 Å². The van der Waals surface area contributed by atoms with Gasteiger partial charge in [-0.25, -0.2) is 8.42 Å². The lowest BCUT2D eigenvalue weighted by Crippen LogP contribution is -2.16. The summed E-state index contributed by atoms with van der Waals surface area (Å²) in [5, 5.41) is 11.8. The molecule has 0 saturated carbocycles. The molecule has 0 unspecified atom stereocenters. The molecule has 0 aliphatic heterocycles. The van der Waals surface area contributed by atoms with E-state index in [2.05, 4.69) is 15.5 Å². The van der Waals surface area contributed by atoms with Gasteiger partial charge in [-0.15, -0.1) is 10.2 Å². The van der Waals surface area contributed by atoms with Crippen molar-refractivity contribution in [1.82, 2.24) is 14.8 Å². The first-order valence-electron chi connectivity index (χ1n) is 10.8. The van der Waals surface area contributed by atoms with Crippen LogP contribution in [-0.2, 0) is 26.8 Å². The van der Waals surface area contributed by atoms with Crippen LogP contribution in [0, 0.1) is 0 Å². The second-order valence-electron chi connectivity index (χ2n) is 7.49. The summed E-state index contributed by atoms with van der Waals surface area (Å²) in [5.74, 6) is -0.0921. The number of hydrogen-bond acceptors (Lipinski definition) is 6. The number of carbonyl (C=O) groups is 1. The summed E-state index contributed by atoms with van der Waals surface area (Å²) in [7, 11) is -3.62. The number of aryl methyl sites for hydroxylation is 1. The van der Waals surface area contributed by atoms with Crippen molar-refractivity contribution in [1.29, 1.82) is 0 Å². The third-order valence-electron chi connectivity index (χ3n) is 5.14. The highest BCUT2D eigenvalue weighted by atomic mass is 32.2. The number of amides is 1. The van der Waals surface area contributed by atoms with Gasteiger partial charge >= 0.3 is 0 Å². The number of para-hydroxylation sites is 2. The number of aromatic nitrogens is 3. The molecule has 1 amide bonds. The van der Waals surface area contributed by atoms with Gasteiger partial charge in [-0.05, 0) is 42.3 Å². The predicted octanol–water partition coefficient (Wildman–Crippen LogP) is 4.53. The molecule has 7 nitrogen and oxygen atoms in total. The topological polar surface area (TPSA) is 94.0 Å². The quantitative estimate of drug-likeness (QED) is 0.345. The first-order chi connectivity index (χ1) is 16.5. The van der Waals surface area contributed by atoms with Crippen LogP contribution in [0.3, 0.4) is 0 Å². The number of carbonyl (C=O) groups excluding carboxylic acids is 1. The van der Waals surface area contributed by atoms with Crippen molar-refractivity contribution in [2.24, 2.45) is 0 Å². The number of thioether (sulfide) groups is 1. The minimum atomic E-state index is -3.62. The fourth-order valence-electron chi connectivity index (χ4n) is 3.47. The number of benzene rings is 3. The molecule has 0 bridgehead atoms. The monoisotopic (exact) mass is 492 g/mol. The van der Waals surface area contributed by atoms with Gasteiger partial charge in [0.1, 0.15) is 5.75 Å². The van der Waals surface area contributed by atoms with E-state index in [9.17, 15) is 13.2 Å². The normalized spacial score (nSPS) is 11.3. The van der Waals surface area contributed by atoms with E-state index in [-0.39, 0.29) is 28.1 Å². The molecule has 9 heteroatoms. The van der Waals surface area contributed by atoms with Gasteiger partial charge in [0, 0.05) is 11.4 Å². The molecule has 4 aromatic rings. The summed E-state index contributed by atoms with van der Waals surface area (Å²) in [6.07, 6.45) is 0.811. The van der Waals surface area contributed by atoms with E-state index in [0.717, 1.165) is 23.4 Å². The molecule has 0 radical (unpaired) electrons. The lowest BCUT2D eigenvalue weighted by molar-refractivity contribution is -0.113. The molecule has 1 heterocycles. The van der Waals surface area contributed by atoms with Gasteiger partial charge in [-0.3, -0.25) is 9.36 Å². The Bertz CT molecular complexity index is 1370. The summed E-state index contributed by atoms with van der Waals surface area (Å²) in [6, 6.07) is 25.2. The van der Waals surface area contributed by atoms with E-state index in [0.29, 0.717) is 5.16 Å². The van der Waals surface area contributed by atoms with Crippen LogP contribution in [0.15, 0.2) is 95.0 Å². The van der Waals surface area contributed by atoms with Gasteiger partial charge in [0.05, 0.1) is 10.6 Å². The molecule has 0 saturated heterocycles. The first kappa shape index (κ1) is 23.7. The van der Waals surface area contributed by atoms with Crippen molar-refractivity contribution < 1.29 is 13.2 Å². The third kappa shape index (κ3) is 5.55. The number of hydrogen-bond donors (Lipinski definition) is 1. The van der Waals surface area contributed by atoms with Crippen LogP contribution in [0.5, 0.6) is 0 Å². The molecule has 4 rings (SSSR count). The summed E-state index contributed by atoms with van der Waals surface area (Å²) >= 11 is 1.21. The molecule has 1 N–H and O–H groups in total. The van der Waals surface area contributed by atoms with Crippen LogP contribution in [-0.4, -0.2) is 34.8 Å². The van der Waals surface area contributed by atoms with Crippen molar-refractivity contribution >= 4 is 33.2 Å². The fraction of sp³-hybridized carbons (Fsp3) is 0.160. The first-order valence-corrected chi connectivity index (χ1v) is 13.4. The van der Waals surface area contributed by atoms with Gasteiger partial charge in [0.25, 0.3) is 0 Å². The average molecular weight is 493 g/mol. The Hall–Kier alpha value is -3.43. The fourth-order valence-corrected chi connectivity index (χ4v) is 5.51. The SMILES string of the molecule is CCc1ccccc1NC(=O)CSc1nnc(CS(=O)(=O)c2ccccc2)n1-c1ccccc1. The van der Waals surface area contributed by atoms with Gasteiger partial charge in [-0.1, -0.05) is 73.3 Å². The lowest BCUT2D eigenvalue weighted by Gasteiger charge is -2.11. The maximum Gasteiger partial charge on any atom is 0.234 e. The molecular formula is C25H24N4O3S2. The smallest absolute Gasteiger partial charge is 0.234 e.